The van der Waals surface area contributed by atoms with E-state index in [1.54, 1.807) is 6.20 Å². The summed E-state index contributed by atoms with van der Waals surface area (Å²) in [6.07, 6.45) is 2.02. The Balaban J connectivity index is 2.40. The summed E-state index contributed by atoms with van der Waals surface area (Å²) < 4.78 is 45.2. The quantitative estimate of drug-likeness (QED) is 0.147. The topological polar surface area (TPSA) is 85.2 Å². The van der Waals surface area contributed by atoms with Crippen molar-refractivity contribution in [2.75, 3.05) is 33.1 Å². The number of nitrogens with zero attached hydrogens (tertiary/aromatic N) is 1. The highest BCUT2D eigenvalue weighted by Gasteiger charge is 2.51. The van der Waals surface area contributed by atoms with Gasteiger partial charge in [0.15, 0.2) is 14.1 Å². The van der Waals surface area contributed by atoms with Crippen molar-refractivity contribution in [2.45, 2.75) is 91.8 Å². The van der Waals surface area contributed by atoms with Gasteiger partial charge < -0.3 is 27.5 Å². The summed E-state index contributed by atoms with van der Waals surface area (Å²) >= 11 is 3.40. The van der Waals surface area contributed by atoms with Crippen LogP contribution in [0, 0.1) is 5.41 Å². The second-order valence-electron chi connectivity index (χ2n) is 11.3. The normalized spacial score (nSPS) is 20.3. The number of methoxy groups -OCH3 is 1. The lowest BCUT2D eigenvalue weighted by Crippen LogP contribution is -2.52. The second-order valence-corrected chi connectivity index (χ2v) is 19.1. The lowest BCUT2D eigenvalue weighted by atomic mass is 9.76. The van der Waals surface area contributed by atoms with Crippen LogP contribution in [0.3, 0.4) is 0 Å². The number of hydrogen-bond donors (Lipinski definition) is 0. The van der Waals surface area contributed by atoms with Gasteiger partial charge in [-0.2, -0.15) is 0 Å². The maximum Gasteiger partial charge on any atom is 0.330 e. The summed E-state index contributed by atoms with van der Waals surface area (Å²) in [5.41, 5.74) is 0.0926. The molecule has 1 aliphatic rings. The van der Waals surface area contributed by atoms with Gasteiger partial charge in [0.25, 0.3) is 0 Å². The molecule has 0 spiro atoms. The summed E-state index contributed by atoms with van der Waals surface area (Å²) in [7, 11) is -3.83. The molecule has 2 heterocycles. The molecule has 8 nitrogen and oxygen atoms in total. The summed E-state index contributed by atoms with van der Waals surface area (Å²) in [5.74, 6) is 0.300. The van der Waals surface area contributed by atoms with Crippen LogP contribution in [0.25, 0.3) is 0 Å². The Hall–Kier alpha value is -0.483. The fourth-order valence-electron chi connectivity index (χ4n) is 4.16. The zero-order valence-electron chi connectivity index (χ0n) is 23.6. The van der Waals surface area contributed by atoms with Crippen molar-refractivity contribution < 1.29 is 27.5 Å². The number of halogens is 1. The number of pyridine rings is 1. The minimum Gasteiger partial charge on any atom is -0.491 e. The lowest BCUT2D eigenvalue weighted by Gasteiger charge is -2.50. The first kappa shape index (κ1) is 31.7. The first-order chi connectivity index (χ1) is 16.5. The van der Waals surface area contributed by atoms with Crippen molar-refractivity contribution in [2.24, 2.45) is 5.41 Å². The highest BCUT2D eigenvalue weighted by Crippen LogP contribution is 2.52. The molecular formula is C25H45BrNO7PSi. The molecule has 2 atom stereocenters. The summed E-state index contributed by atoms with van der Waals surface area (Å²) in [4.78, 5) is 13.0. The summed E-state index contributed by atoms with van der Waals surface area (Å²) in [6.45, 7) is 20.5. The van der Waals surface area contributed by atoms with Crippen LogP contribution in [0.2, 0.25) is 18.1 Å². The van der Waals surface area contributed by atoms with Gasteiger partial charge in [0, 0.05) is 24.8 Å². The van der Waals surface area contributed by atoms with Gasteiger partial charge in [-0.25, -0.2) is 0 Å². The van der Waals surface area contributed by atoms with Crippen LogP contribution in [0.15, 0.2) is 15.5 Å². The third kappa shape index (κ3) is 6.93. The number of aromatic nitrogens is 1. The van der Waals surface area contributed by atoms with E-state index in [4.69, 9.17) is 22.9 Å². The molecule has 2 rings (SSSR count). The zero-order valence-corrected chi connectivity index (χ0v) is 27.1. The van der Waals surface area contributed by atoms with Gasteiger partial charge in [-0.1, -0.05) is 34.6 Å². The van der Waals surface area contributed by atoms with Crippen LogP contribution < -0.4 is 10.2 Å². The number of rotatable bonds is 12. The molecule has 0 N–H and O–H groups in total. The molecule has 1 aromatic heterocycles. The van der Waals surface area contributed by atoms with Crippen molar-refractivity contribution in [3.05, 3.63) is 26.6 Å². The largest absolute Gasteiger partial charge is 0.491 e. The van der Waals surface area contributed by atoms with Crippen LogP contribution in [0.1, 0.15) is 66.7 Å². The van der Waals surface area contributed by atoms with Crippen LogP contribution in [0.4, 0.5) is 0 Å². The predicted molar refractivity (Wildman–Crippen MR) is 150 cm³/mol. The molecule has 11 heteroatoms. The highest BCUT2D eigenvalue weighted by molar-refractivity contribution is 9.10. The van der Waals surface area contributed by atoms with Crippen molar-refractivity contribution >= 4 is 31.8 Å². The first-order valence-corrected chi connectivity index (χ1v) is 18.1. The molecule has 0 amide bonds. The summed E-state index contributed by atoms with van der Waals surface area (Å²) in [6, 6.07) is 0. The van der Waals surface area contributed by atoms with E-state index in [0.29, 0.717) is 49.2 Å². The number of ether oxygens (including phenoxy) is 2. The second kappa shape index (κ2) is 12.1. The van der Waals surface area contributed by atoms with Crippen molar-refractivity contribution in [3.63, 3.8) is 0 Å². The Labute approximate surface area is 226 Å². The molecule has 0 radical (unpaired) electrons. The monoisotopic (exact) mass is 609 g/mol. The van der Waals surface area contributed by atoms with Crippen molar-refractivity contribution in [3.8, 4) is 5.75 Å². The van der Waals surface area contributed by atoms with Crippen LogP contribution in [-0.2, 0) is 29.3 Å². The maximum absolute atomic E-state index is 13.0. The minimum atomic E-state index is -3.12. The Morgan fingerprint density at radius 1 is 1.19 bits per heavy atom. The Kier molecular flexibility index (Phi) is 10.7. The van der Waals surface area contributed by atoms with Crippen molar-refractivity contribution in [1.29, 1.82) is 0 Å². The lowest BCUT2D eigenvalue weighted by molar-refractivity contribution is -0.108. The van der Waals surface area contributed by atoms with Gasteiger partial charge in [-0.15, -0.1) is 0 Å². The molecular weight excluding hydrogens is 565 g/mol. The minimum absolute atomic E-state index is 0.0235. The van der Waals surface area contributed by atoms with Gasteiger partial charge in [0.05, 0.1) is 48.9 Å². The molecule has 36 heavy (non-hydrogen) atoms. The van der Waals surface area contributed by atoms with E-state index in [-0.39, 0.29) is 16.6 Å². The Bertz CT molecular complexity index is 995. The van der Waals surface area contributed by atoms with Gasteiger partial charge in [0.1, 0.15) is 0 Å². The van der Waals surface area contributed by atoms with Crippen LogP contribution in [0.5, 0.6) is 5.75 Å². The highest BCUT2D eigenvalue weighted by atomic mass is 79.9. The Morgan fingerprint density at radius 2 is 1.78 bits per heavy atom. The van der Waals surface area contributed by atoms with E-state index in [9.17, 15) is 9.36 Å². The van der Waals surface area contributed by atoms with E-state index in [2.05, 4.69) is 63.6 Å². The molecule has 0 saturated heterocycles. The SMILES string of the molecule is CCOP(=O)(CCCOC1Cn2cc(Br)c(=O)c(OC)c2C(O[Si](C)(C)C(C)(C)C)C1(C)C)OCC. The van der Waals surface area contributed by atoms with E-state index in [1.165, 1.54) is 7.11 Å². The van der Waals surface area contributed by atoms with Gasteiger partial charge in [0.2, 0.25) is 5.43 Å². The molecule has 0 saturated carbocycles. The number of hydrogen-bond acceptors (Lipinski definition) is 7. The standard InChI is InChI=1S/C25H45BrNO7PSi/c1-11-32-35(29,33-12-2)15-13-14-31-19-17-27-16-18(26)21(28)22(30-8)20(27)23(25(19,6)7)34-36(9,10)24(3,4)5/h16,19,23H,11-15,17H2,1-10H3. The number of fused-ring (bicyclic) bond motifs is 1. The van der Waals surface area contributed by atoms with Gasteiger partial charge in [-0.05, 0) is 54.3 Å². The average Bonchev–Trinajstić information content (AvgIpc) is 2.75. The van der Waals surface area contributed by atoms with E-state index in [0.717, 1.165) is 5.69 Å². The molecule has 2 unspecified atom stereocenters. The molecule has 208 valence electrons. The third-order valence-corrected chi connectivity index (χ3v) is 14.5. The molecule has 1 aromatic rings. The van der Waals surface area contributed by atoms with Crippen molar-refractivity contribution in [1.82, 2.24) is 4.57 Å². The van der Waals surface area contributed by atoms with E-state index >= 15 is 0 Å². The molecule has 0 fully saturated rings. The maximum atomic E-state index is 13.0. The van der Waals surface area contributed by atoms with E-state index < -0.39 is 27.4 Å². The predicted octanol–water partition coefficient (Wildman–Crippen LogP) is 6.76. The van der Waals surface area contributed by atoms with E-state index in [1.807, 2.05) is 18.4 Å². The average molecular weight is 611 g/mol. The fraction of sp³-hybridized carbons (Fsp3) is 0.800. The fourth-order valence-corrected chi connectivity index (χ4v) is 7.58. The van der Waals surface area contributed by atoms with Crippen LogP contribution >= 0.6 is 23.5 Å². The Morgan fingerprint density at radius 3 is 2.28 bits per heavy atom. The third-order valence-electron chi connectivity index (χ3n) is 7.32. The first-order valence-electron chi connectivity index (χ1n) is 12.7. The zero-order chi connectivity index (χ0) is 27.5. The van der Waals surface area contributed by atoms with Gasteiger partial charge in [-0.3, -0.25) is 9.36 Å². The molecule has 1 aliphatic heterocycles. The molecule has 0 bridgehead atoms. The van der Waals surface area contributed by atoms with Gasteiger partial charge >= 0.3 is 7.60 Å². The molecule has 0 aliphatic carbocycles. The molecule has 0 aromatic carbocycles. The smallest absolute Gasteiger partial charge is 0.330 e. The summed E-state index contributed by atoms with van der Waals surface area (Å²) in [5, 5.41) is -0.0235. The van der Waals surface area contributed by atoms with Crippen LogP contribution in [-0.4, -0.2) is 52.1 Å².